The predicted molar refractivity (Wildman–Crippen MR) is 56.1 cm³/mol. The lowest BCUT2D eigenvalue weighted by atomic mass is 10.2. The molecule has 2 atom stereocenters. The topological polar surface area (TPSA) is 43.7 Å². The molecule has 0 bridgehead atoms. The van der Waals surface area contributed by atoms with E-state index in [0.29, 0.717) is 12.6 Å². The molecule has 4 heteroatoms. The summed E-state index contributed by atoms with van der Waals surface area (Å²) < 4.78 is 0. The van der Waals surface area contributed by atoms with Crippen LogP contribution in [-0.4, -0.2) is 58.5 Å². The molecule has 0 radical (unpaired) electrons. The van der Waals surface area contributed by atoms with Gasteiger partial charge in [0.1, 0.15) is 0 Å². The molecule has 1 saturated heterocycles. The molecule has 1 fully saturated rings. The zero-order valence-electron chi connectivity index (χ0n) is 8.15. The monoisotopic (exact) mass is 205 g/mol. The number of aliphatic hydroxyl groups excluding tert-OH is 2. The van der Waals surface area contributed by atoms with Gasteiger partial charge < -0.3 is 10.2 Å². The van der Waals surface area contributed by atoms with Gasteiger partial charge in [-0.05, 0) is 19.1 Å². The summed E-state index contributed by atoms with van der Waals surface area (Å²) in [7, 11) is 0. The maximum Gasteiger partial charge on any atom is 0.0897 e. The summed E-state index contributed by atoms with van der Waals surface area (Å²) in [5.74, 6) is 2.36. The number of hydrogen-bond donors (Lipinski definition) is 2. The number of rotatable bonds is 3. The van der Waals surface area contributed by atoms with Crippen molar-refractivity contribution in [3.05, 3.63) is 0 Å². The Labute approximate surface area is 84.1 Å². The number of β-amino-alcohol motifs (C(OH)–C–C–N with tert-alkyl or cyclic N) is 1. The third-order valence-corrected chi connectivity index (χ3v) is 3.48. The zero-order chi connectivity index (χ0) is 9.68. The van der Waals surface area contributed by atoms with Crippen molar-refractivity contribution in [2.24, 2.45) is 0 Å². The van der Waals surface area contributed by atoms with Gasteiger partial charge in [-0.1, -0.05) is 0 Å². The van der Waals surface area contributed by atoms with Gasteiger partial charge in [0.05, 0.1) is 12.7 Å². The second-order valence-electron chi connectivity index (χ2n) is 3.58. The van der Waals surface area contributed by atoms with Crippen LogP contribution in [0.1, 0.15) is 13.3 Å². The minimum atomic E-state index is -0.578. The van der Waals surface area contributed by atoms with Gasteiger partial charge in [-0.3, -0.25) is 4.90 Å². The summed E-state index contributed by atoms with van der Waals surface area (Å²) in [4.78, 5) is 2.26. The molecule has 0 aromatic rings. The summed E-state index contributed by atoms with van der Waals surface area (Å²) in [5.41, 5.74) is 0. The van der Waals surface area contributed by atoms with Crippen LogP contribution in [0, 0.1) is 0 Å². The van der Waals surface area contributed by atoms with Crippen LogP contribution in [0.15, 0.2) is 0 Å². The van der Waals surface area contributed by atoms with Crippen LogP contribution in [-0.2, 0) is 0 Å². The van der Waals surface area contributed by atoms with E-state index < -0.39 is 6.10 Å². The van der Waals surface area contributed by atoms with Crippen molar-refractivity contribution < 1.29 is 10.2 Å². The lowest BCUT2D eigenvalue weighted by Crippen LogP contribution is -2.40. The average Bonchev–Trinajstić information content (AvgIpc) is 2.32. The van der Waals surface area contributed by atoms with Crippen molar-refractivity contribution in [2.75, 3.05) is 31.2 Å². The van der Waals surface area contributed by atoms with E-state index in [1.165, 1.54) is 12.2 Å². The maximum absolute atomic E-state index is 9.32. The highest BCUT2D eigenvalue weighted by Crippen LogP contribution is 2.15. The second kappa shape index (κ2) is 5.86. The van der Waals surface area contributed by atoms with E-state index in [0.717, 1.165) is 12.3 Å². The second-order valence-corrected chi connectivity index (χ2v) is 4.81. The summed E-state index contributed by atoms with van der Waals surface area (Å²) in [6.45, 7) is 3.70. The lowest BCUT2D eigenvalue weighted by Gasteiger charge is -2.28. The molecule has 3 nitrogen and oxygen atoms in total. The van der Waals surface area contributed by atoms with Gasteiger partial charge in [-0.2, -0.15) is 11.8 Å². The van der Waals surface area contributed by atoms with Crippen LogP contribution in [0.5, 0.6) is 0 Å². The van der Waals surface area contributed by atoms with Crippen LogP contribution in [0.25, 0.3) is 0 Å². The molecular formula is C9H19NO2S. The normalized spacial score (nSPS) is 28.4. The summed E-state index contributed by atoms with van der Waals surface area (Å²) >= 11 is 1.97. The molecule has 0 aromatic carbocycles. The minimum absolute atomic E-state index is 0.129. The predicted octanol–water partition coefficient (Wildman–Crippen LogP) is 0.167. The Bertz CT molecular complexity index is 146. The standard InChI is InChI=1S/C9H19NO2S/c1-8-2-4-13-5-3-10(8)6-9(12)7-11/h8-9,11-12H,2-7H2,1H3. The summed E-state index contributed by atoms with van der Waals surface area (Å²) in [5, 5.41) is 18.1. The van der Waals surface area contributed by atoms with Crippen LogP contribution in [0.4, 0.5) is 0 Å². The first-order valence-corrected chi connectivity index (χ1v) is 6.00. The van der Waals surface area contributed by atoms with Crippen LogP contribution >= 0.6 is 11.8 Å². The van der Waals surface area contributed by atoms with Gasteiger partial charge in [-0.25, -0.2) is 0 Å². The van der Waals surface area contributed by atoms with Gasteiger partial charge in [0.2, 0.25) is 0 Å². The number of aliphatic hydroxyl groups is 2. The van der Waals surface area contributed by atoms with Gasteiger partial charge >= 0.3 is 0 Å². The van der Waals surface area contributed by atoms with E-state index in [1.54, 1.807) is 0 Å². The highest BCUT2D eigenvalue weighted by molar-refractivity contribution is 7.99. The van der Waals surface area contributed by atoms with Crippen molar-refractivity contribution in [1.29, 1.82) is 0 Å². The molecule has 1 aliphatic rings. The van der Waals surface area contributed by atoms with E-state index in [-0.39, 0.29) is 6.61 Å². The first-order chi connectivity index (χ1) is 6.24. The average molecular weight is 205 g/mol. The molecule has 1 rings (SSSR count). The molecule has 2 N–H and O–H groups in total. The van der Waals surface area contributed by atoms with Crippen LogP contribution in [0.3, 0.4) is 0 Å². The molecular weight excluding hydrogens is 186 g/mol. The van der Waals surface area contributed by atoms with Crippen LogP contribution in [0.2, 0.25) is 0 Å². The van der Waals surface area contributed by atoms with Gasteiger partial charge in [0.25, 0.3) is 0 Å². The largest absolute Gasteiger partial charge is 0.394 e. The Balaban J connectivity index is 2.35. The number of nitrogens with zero attached hydrogens (tertiary/aromatic N) is 1. The Kier molecular flexibility index (Phi) is 5.09. The molecule has 0 spiro atoms. The quantitative estimate of drug-likeness (QED) is 0.689. The van der Waals surface area contributed by atoms with Crippen molar-refractivity contribution in [3.63, 3.8) is 0 Å². The molecule has 0 amide bonds. The lowest BCUT2D eigenvalue weighted by molar-refractivity contribution is 0.0495. The van der Waals surface area contributed by atoms with Crippen molar-refractivity contribution >= 4 is 11.8 Å². The van der Waals surface area contributed by atoms with E-state index in [1.807, 2.05) is 11.8 Å². The van der Waals surface area contributed by atoms with E-state index in [4.69, 9.17) is 5.11 Å². The molecule has 1 heterocycles. The molecule has 1 aliphatic heterocycles. The van der Waals surface area contributed by atoms with Crippen molar-refractivity contribution in [1.82, 2.24) is 4.90 Å². The Morgan fingerprint density at radius 1 is 1.54 bits per heavy atom. The Morgan fingerprint density at radius 3 is 3.00 bits per heavy atom. The van der Waals surface area contributed by atoms with Gasteiger partial charge in [-0.15, -0.1) is 0 Å². The summed E-state index contributed by atoms with van der Waals surface area (Å²) in [6, 6.07) is 0.538. The first kappa shape index (κ1) is 11.3. The third-order valence-electron chi connectivity index (χ3n) is 2.48. The molecule has 0 aromatic heterocycles. The Hall–Kier alpha value is 0.230. The number of hydrogen-bond acceptors (Lipinski definition) is 4. The van der Waals surface area contributed by atoms with Gasteiger partial charge in [0, 0.05) is 24.9 Å². The minimum Gasteiger partial charge on any atom is -0.394 e. The Morgan fingerprint density at radius 2 is 2.31 bits per heavy atom. The van der Waals surface area contributed by atoms with E-state index >= 15 is 0 Å². The van der Waals surface area contributed by atoms with Crippen molar-refractivity contribution in [3.8, 4) is 0 Å². The fraction of sp³-hybridized carbons (Fsp3) is 1.00. The van der Waals surface area contributed by atoms with Gasteiger partial charge in [0.15, 0.2) is 0 Å². The SMILES string of the molecule is CC1CCSCCN1CC(O)CO. The smallest absolute Gasteiger partial charge is 0.0897 e. The van der Waals surface area contributed by atoms with Crippen LogP contribution < -0.4 is 0 Å². The molecule has 78 valence electrons. The van der Waals surface area contributed by atoms with E-state index in [2.05, 4.69) is 11.8 Å². The first-order valence-electron chi connectivity index (χ1n) is 4.84. The highest BCUT2D eigenvalue weighted by Gasteiger charge is 2.19. The maximum atomic E-state index is 9.32. The zero-order valence-corrected chi connectivity index (χ0v) is 8.96. The molecule has 0 saturated carbocycles. The third kappa shape index (κ3) is 3.85. The fourth-order valence-electron chi connectivity index (χ4n) is 1.54. The molecule has 13 heavy (non-hydrogen) atoms. The summed E-state index contributed by atoms with van der Waals surface area (Å²) in [6.07, 6.45) is 0.605. The fourth-order valence-corrected chi connectivity index (χ4v) is 2.62. The number of thioether (sulfide) groups is 1. The van der Waals surface area contributed by atoms with Crippen molar-refractivity contribution in [2.45, 2.75) is 25.5 Å². The van der Waals surface area contributed by atoms with E-state index in [9.17, 15) is 5.11 Å². The molecule has 2 unspecified atom stereocenters. The molecule has 0 aliphatic carbocycles. The highest BCUT2D eigenvalue weighted by atomic mass is 32.2.